The van der Waals surface area contributed by atoms with Gasteiger partial charge in [0.1, 0.15) is 18.1 Å². The Morgan fingerprint density at radius 3 is 2.71 bits per heavy atom. The summed E-state index contributed by atoms with van der Waals surface area (Å²) in [5.41, 5.74) is 3.06. The fourth-order valence-electron chi connectivity index (χ4n) is 3.11. The second-order valence-corrected chi connectivity index (χ2v) is 7.26. The number of aromatic nitrogens is 1. The predicted molar refractivity (Wildman–Crippen MR) is 102 cm³/mol. The summed E-state index contributed by atoms with van der Waals surface area (Å²) in [7, 11) is 0. The second-order valence-electron chi connectivity index (χ2n) is 6.82. The van der Waals surface area contributed by atoms with Crippen molar-refractivity contribution < 1.29 is 28.5 Å². The molecule has 0 atom stereocenters. The smallest absolute Gasteiger partial charge is 0.355 e. The van der Waals surface area contributed by atoms with Crippen LogP contribution in [0.25, 0.3) is 0 Å². The summed E-state index contributed by atoms with van der Waals surface area (Å²) in [6.45, 7) is 7.41. The molecule has 150 valence electrons. The van der Waals surface area contributed by atoms with E-state index in [1.165, 1.54) is 0 Å². The molecule has 28 heavy (non-hydrogen) atoms. The van der Waals surface area contributed by atoms with Crippen LogP contribution in [-0.2, 0) is 27.4 Å². The highest BCUT2D eigenvalue weighted by Crippen LogP contribution is 2.32. The van der Waals surface area contributed by atoms with Gasteiger partial charge in [-0.3, -0.25) is 0 Å². The van der Waals surface area contributed by atoms with E-state index in [0.717, 1.165) is 5.56 Å². The van der Waals surface area contributed by atoms with Crippen molar-refractivity contribution in [1.82, 2.24) is 4.98 Å². The van der Waals surface area contributed by atoms with Crippen LogP contribution < -0.4 is 4.74 Å². The molecule has 1 aliphatic heterocycles. The number of carbonyl (C=O) groups is 2. The zero-order valence-corrected chi connectivity index (χ0v) is 16.9. The molecule has 8 heteroatoms. The number of ether oxygens (including phenoxy) is 4. The van der Waals surface area contributed by atoms with E-state index in [2.05, 4.69) is 4.98 Å². The molecule has 1 aliphatic rings. The Labute approximate surface area is 167 Å². The van der Waals surface area contributed by atoms with E-state index in [0.29, 0.717) is 39.8 Å². The molecule has 2 aromatic rings. The molecular formula is C20H22ClNO6. The van der Waals surface area contributed by atoms with Crippen LogP contribution in [0.5, 0.6) is 5.75 Å². The van der Waals surface area contributed by atoms with Gasteiger partial charge >= 0.3 is 11.9 Å². The minimum atomic E-state index is -0.579. The number of benzene rings is 1. The van der Waals surface area contributed by atoms with Gasteiger partial charge in [-0.15, -0.1) is 0 Å². The van der Waals surface area contributed by atoms with E-state index < -0.39 is 11.9 Å². The van der Waals surface area contributed by atoms with E-state index in [1.54, 1.807) is 39.8 Å². The lowest BCUT2D eigenvalue weighted by Gasteiger charge is -2.21. The molecule has 0 radical (unpaired) electrons. The summed E-state index contributed by atoms with van der Waals surface area (Å²) in [5.74, 6) is -0.438. The van der Waals surface area contributed by atoms with Crippen molar-refractivity contribution in [2.45, 2.75) is 47.0 Å². The van der Waals surface area contributed by atoms with Gasteiger partial charge in [0.05, 0.1) is 18.3 Å². The Morgan fingerprint density at radius 1 is 1.25 bits per heavy atom. The van der Waals surface area contributed by atoms with Gasteiger partial charge in [0.15, 0.2) is 6.79 Å². The molecule has 0 spiro atoms. The van der Waals surface area contributed by atoms with Crippen LogP contribution in [0, 0.1) is 13.8 Å². The number of aryl methyl sites for hydroxylation is 1. The number of H-pyrrole nitrogens is 1. The fourth-order valence-corrected chi connectivity index (χ4v) is 3.38. The maximum atomic E-state index is 12.6. The van der Waals surface area contributed by atoms with E-state index in [4.69, 9.17) is 30.5 Å². The van der Waals surface area contributed by atoms with E-state index >= 15 is 0 Å². The standard InChI is InChI=1S/C20H22ClNO6/c1-10(2)28-19(23)16-11(3)17(22-12(16)4)20(24)26-8-14-6-15(21)5-13-7-25-9-27-18(13)14/h5-6,10,22H,7-9H2,1-4H3. The van der Waals surface area contributed by atoms with Crippen molar-refractivity contribution in [2.75, 3.05) is 6.79 Å². The Bertz CT molecular complexity index is 918. The molecule has 7 nitrogen and oxygen atoms in total. The highest BCUT2D eigenvalue weighted by Gasteiger charge is 2.25. The van der Waals surface area contributed by atoms with E-state index in [1.807, 2.05) is 0 Å². The number of hydrogen-bond donors (Lipinski definition) is 1. The quantitative estimate of drug-likeness (QED) is 0.751. The summed E-state index contributed by atoms with van der Waals surface area (Å²) in [5, 5.41) is 0.504. The third-order valence-electron chi connectivity index (χ3n) is 4.30. The Hall–Kier alpha value is -2.51. The monoisotopic (exact) mass is 407 g/mol. The van der Waals surface area contributed by atoms with Crippen LogP contribution in [0.1, 0.15) is 57.1 Å². The Morgan fingerprint density at radius 2 is 2.00 bits per heavy atom. The first-order chi connectivity index (χ1) is 13.3. The molecular weight excluding hydrogens is 386 g/mol. The number of nitrogens with one attached hydrogen (secondary N) is 1. The van der Waals surface area contributed by atoms with Crippen LogP contribution in [0.2, 0.25) is 5.02 Å². The maximum absolute atomic E-state index is 12.6. The molecule has 1 aromatic carbocycles. The van der Waals surface area contributed by atoms with E-state index in [9.17, 15) is 9.59 Å². The second kappa shape index (κ2) is 8.24. The number of fused-ring (bicyclic) bond motifs is 1. The molecule has 0 fully saturated rings. The number of aromatic amines is 1. The van der Waals surface area contributed by atoms with Crippen molar-refractivity contribution >= 4 is 23.5 Å². The topological polar surface area (TPSA) is 86.9 Å². The molecule has 0 saturated carbocycles. The van der Waals surface area contributed by atoms with Gasteiger partial charge in [-0.1, -0.05) is 11.6 Å². The van der Waals surface area contributed by atoms with E-state index in [-0.39, 0.29) is 25.2 Å². The van der Waals surface area contributed by atoms with Gasteiger partial charge in [0.2, 0.25) is 0 Å². The molecule has 0 amide bonds. The minimum absolute atomic E-state index is 0.0228. The predicted octanol–water partition coefficient (Wildman–Crippen LogP) is 4.07. The minimum Gasteiger partial charge on any atom is -0.467 e. The van der Waals surface area contributed by atoms with Crippen molar-refractivity contribution in [3.8, 4) is 5.75 Å². The number of rotatable bonds is 5. The zero-order chi connectivity index (χ0) is 20.4. The lowest BCUT2D eigenvalue weighted by atomic mass is 10.1. The van der Waals surface area contributed by atoms with Crippen molar-refractivity contribution in [1.29, 1.82) is 0 Å². The molecule has 0 saturated heterocycles. The summed E-state index contributed by atoms with van der Waals surface area (Å²) in [6, 6.07) is 3.45. The largest absolute Gasteiger partial charge is 0.467 e. The number of hydrogen-bond acceptors (Lipinski definition) is 6. The summed E-state index contributed by atoms with van der Waals surface area (Å²) >= 11 is 6.13. The van der Waals surface area contributed by atoms with Crippen LogP contribution in [0.15, 0.2) is 12.1 Å². The third-order valence-corrected chi connectivity index (χ3v) is 4.52. The summed E-state index contributed by atoms with van der Waals surface area (Å²) in [6.07, 6.45) is -0.255. The van der Waals surface area contributed by atoms with Gasteiger partial charge in [-0.2, -0.15) is 0 Å². The number of esters is 2. The van der Waals surface area contributed by atoms with Crippen LogP contribution in [-0.4, -0.2) is 29.8 Å². The van der Waals surface area contributed by atoms with Gasteiger partial charge in [0.25, 0.3) is 0 Å². The molecule has 0 unspecified atom stereocenters. The summed E-state index contributed by atoms with van der Waals surface area (Å²) < 4.78 is 21.5. The van der Waals surface area contributed by atoms with Gasteiger partial charge in [-0.25, -0.2) is 9.59 Å². The van der Waals surface area contributed by atoms with Crippen molar-refractivity contribution in [2.24, 2.45) is 0 Å². The first-order valence-electron chi connectivity index (χ1n) is 8.87. The molecule has 2 heterocycles. The van der Waals surface area contributed by atoms with Crippen molar-refractivity contribution in [3.05, 3.63) is 50.8 Å². The van der Waals surface area contributed by atoms with Gasteiger partial charge < -0.3 is 23.9 Å². The highest BCUT2D eigenvalue weighted by atomic mass is 35.5. The average Bonchev–Trinajstić information content (AvgIpc) is 2.93. The molecule has 3 rings (SSSR count). The normalized spacial score (nSPS) is 13.1. The molecule has 1 aromatic heterocycles. The number of carbonyl (C=O) groups excluding carboxylic acids is 2. The average molecular weight is 408 g/mol. The number of halogens is 1. The Kier molecular flexibility index (Phi) is 5.96. The van der Waals surface area contributed by atoms with Crippen LogP contribution in [0.3, 0.4) is 0 Å². The van der Waals surface area contributed by atoms with Crippen LogP contribution in [0.4, 0.5) is 0 Å². The van der Waals surface area contributed by atoms with Crippen LogP contribution >= 0.6 is 11.6 Å². The maximum Gasteiger partial charge on any atom is 0.355 e. The molecule has 0 aliphatic carbocycles. The first-order valence-corrected chi connectivity index (χ1v) is 9.24. The third kappa shape index (κ3) is 4.15. The van der Waals surface area contributed by atoms with Crippen molar-refractivity contribution in [3.63, 3.8) is 0 Å². The van der Waals surface area contributed by atoms with Gasteiger partial charge in [0, 0.05) is 21.8 Å². The van der Waals surface area contributed by atoms with Gasteiger partial charge in [-0.05, 0) is 45.4 Å². The SMILES string of the molecule is Cc1[nH]c(C(=O)OCc2cc(Cl)cc3c2OCOC3)c(C)c1C(=O)OC(C)C. The molecule has 1 N–H and O–H groups in total. The first kappa shape index (κ1) is 20.2. The Balaban J connectivity index is 1.78. The zero-order valence-electron chi connectivity index (χ0n) is 16.2. The highest BCUT2D eigenvalue weighted by molar-refractivity contribution is 6.30. The lowest BCUT2D eigenvalue weighted by Crippen LogP contribution is -2.15. The summed E-state index contributed by atoms with van der Waals surface area (Å²) in [4.78, 5) is 27.8. The molecule has 0 bridgehead atoms. The lowest BCUT2D eigenvalue weighted by molar-refractivity contribution is -0.0180. The fraction of sp³-hybridized carbons (Fsp3) is 0.400.